The van der Waals surface area contributed by atoms with E-state index in [0.29, 0.717) is 0 Å². The van der Waals surface area contributed by atoms with E-state index in [1.807, 2.05) is 60.7 Å². The van der Waals surface area contributed by atoms with Crippen LogP contribution in [0.25, 0.3) is 16.8 Å². The topological polar surface area (TPSA) is 60.2 Å². The van der Waals surface area contributed by atoms with Crippen LogP contribution in [0.2, 0.25) is 0 Å². The molecule has 23 heavy (non-hydrogen) atoms. The summed E-state index contributed by atoms with van der Waals surface area (Å²) in [5.74, 6) is 1.35. The molecule has 0 spiro atoms. The molecule has 0 amide bonds. The van der Waals surface area contributed by atoms with Gasteiger partial charge in [0.15, 0.2) is 0 Å². The smallest absolute Gasteiger partial charge is 0.271 e. The largest absolute Gasteiger partial charge is 0.748 e. The molecule has 0 N–H and O–H groups in total. The second kappa shape index (κ2) is 9.34. The molecule has 0 aliphatic carbocycles. The van der Waals surface area contributed by atoms with Crippen LogP contribution in [-0.2, 0) is 21.9 Å². The maximum atomic E-state index is 10.6. The fourth-order valence-corrected chi connectivity index (χ4v) is 1.92. The molecule has 0 atom stereocenters. The van der Waals surface area contributed by atoms with Crippen LogP contribution in [0, 0.1) is 10.1 Å². The van der Waals surface area contributed by atoms with Crippen molar-refractivity contribution in [3.05, 3.63) is 94.5 Å². The van der Waals surface area contributed by atoms with E-state index in [1.54, 1.807) is 18.2 Å². The van der Waals surface area contributed by atoms with Gasteiger partial charge in [0.05, 0.1) is 10.9 Å². The van der Waals surface area contributed by atoms with Gasteiger partial charge < -0.3 is 30.3 Å². The van der Waals surface area contributed by atoms with Crippen LogP contribution in [0.5, 0.6) is 0 Å². The van der Waals surface area contributed by atoms with Crippen molar-refractivity contribution in [1.29, 1.82) is 0 Å². The van der Waals surface area contributed by atoms with Crippen LogP contribution in [0.1, 0.15) is 5.56 Å². The molecule has 0 aromatic heterocycles. The van der Waals surface area contributed by atoms with Crippen molar-refractivity contribution in [3.63, 3.8) is 0 Å². The molecule has 5 heteroatoms. The van der Waals surface area contributed by atoms with Gasteiger partial charge in [-0.05, 0) is 5.56 Å². The molecule has 0 saturated carbocycles. The molecule has 0 unspecified atom stereocenters. The van der Waals surface area contributed by atoms with Crippen molar-refractivity contribution in [2.24, 2.45) is 0 Å². The molecule has 0 bridgehead atoms. The third kappa shape index (κ3) is 5.20. The first-order chi connectivity index (χ1) is 10.7. The Morgan fingerprint density at radius 3 is 2.04 bits per heavy atom. The van der Waals surface area contributed by atoms with Gasteiger partial charge >= 0.3 is 0 Å². The van der Waals surface area contributed by atoms with Gasteiger partial charge in [0.2, 0.25) is 0 Å². The van der Waals surface area contributed by atoms with E-state index in [1.165, 1.54) is 5.94 Å². The maximum Gasteiger partial charge on any atom is 0.271 e. The molecule has 0 radical (unpaired) electrons. The van der Waals surface area contributed by atoms with Crippen molar-refractivity contribution in [3.8, 4) is 11.1 Å². The number of hydrogen-bond acceptors (Lipinski definition) is 3. The minimum absolute atomic E-state index is 0. The van der Waals surface area contributed by atoms with Gasteiger partial charge in [-0.3, -0.25) is 14.9 Å². The number of nitro groups is 1. The van der Waals surface area contributed by atoms with E-state index in [-0.39, 0.29) is 22.6 Å². The summed E-state index contributed by atoms with van der Waals surface area (Å²) in [6.07, 6.45) is 0. The second-order valence-corrected chi connectivity index (χ2v) is 4.42. The van der Waals surface area contributed by atoms with Crippen molar-refractivity contribution in [1.82, 2.24) is 0 Å². The van der Waals surface area contributed by atoms with Crippen molar-refractivity contribution >= 4 is 11.6 Å². The summed E-state index contributed by atoms with van der Waals surface area (Å²) < 4.78 is 0. The van der Waals surface area contributed by atoms with Crippen LogP contribution in [0.15, 0.2) is 78.9 Å². The van der Waals surface area contributed by atoms with E-state index in [9.17, 15) is 14.9 Å². The normalized spacial score (nSPS) is 8.87. The predicted molar refractivity (Wildman–Crippen MR) is 85.6 cm³/mol. The summed E-state index contributed by atoms with van der Waals surface area (Å²) >= 11 is 0. The zero-order valence-electron chi connectivity index (χ0n) is 12.0. The third-order valence-corrected chi connectivity index (χ3v) is 2.97. The van der Waals surface area contributed by atoms with Gasteiger partial charge in [0.1, 0.15) is 0 Å². The number of hydrogen-bond donors (Lipinski definition) is 0. The average Bonchev–Trinajstić information content (AvgIpc) is 3.23. The average molecular weight is 347 g/mol. The summed E-state index contributed by atoms with van der Waals surface area (Å²) in [4.78, 5) is 20.3. The van der Waals surface area contributed by atoms with Crippen LogP contribution in [0.4, 0.5) is 0 Å². The fourth-order valence-electron chi connectivity index (χ4n) is 1.92. The van der Waals surface area contributed by atoms with E-state index in [0.717, 1.165) is 11.1 Å². The molecule has 3 aromatic rings. The third-order valence-electron chi connectivity index (χ3n) is 2.97. The Morgan fingerprint density at radius 1 is 1.00 bits per heavy atom. The molecule has 0 aliphatic heterocycles. The Bertz CT molecular complexity index is 753. The van der Waals surface area contributed by atoms with Crippen LogP contribution >= 0.6 is 0 Å². The SMILES string of the molecule is O=C=C([c-]1ccc(-c2ccccc2)c1)[N+](=O)[O-].[Fe].[cH-]1[cH-][cH-][cH-][cH-]1. The van der Waals surface area contributed by atoms with E-state index in [2.05, 4.69) is 0 Å². The Kier molecular flexibility index (Phi) is 7.44. The first-order valence-electron chi connectivity index (χ1n) is 6.61. The fraction of sp³-hybridized carbons (Fsp3) is 0. The Hall–Kier alpha value is -2.71. The van der Waals surface area contributed by atoms with Crippen molar-refractivity contribution in [2.45, 2.75) is 0 Å². The van der Waals surface area contributed by atoms with E-state index < -0.39 is 10.6 Å². The first kappa shape index (κ1) is 18.3. The van der Waals surface area contributed by atoms with Gasteiger partial charge in [-0.1, -0.05) is 35.9 Å². The van der Waals surface area contributed by atoms with Crippen LogP contribution in [0.3, 0.4) is 0 Å². The maximum absolute atomic E-state index is 10.6. The number of carbonyl (C=O) groups excluding carboxylic acids is 1. The Morgan fingerprint density at radius 2 is 1.57 bits per heavy atom. The molecule has 3 aromatic carbocycles. The monoisotopic (exact) mass is 347 g/mol. The minimum Gasteiger partial charge on any atom is -0.748 e. The quantitative estimate of drug-likeness (QED) is 0.237. The standard InChI is InChI=1S/C13H8NO3.C5H5.Fe/c15-9-13(14(16)17)12-7-6-11(8-12)10-4-2-1-3-5-10;1-2-4-5-3-1;/h1-8H;1-5H;/q-1;-5;. The van der Waals surface area contributed by atoms with Gasteiger partial charge in [0, 0.05) is 17.1 Å². The molecular formula is C18H13FeNO3-6. The molecule has 0 aliphatic rings. The van der Waals surface area contributed by atoms with E-state index >= 15 is 0 Å². The van der Waals surface area contributed by atoms with Crippen molar-refractivity contribution in [2.75, 3.05) is 0 Å². The van der Waals surface area contributed by atoms with Crippen LogP contribution in [-0.4, -0.2) is 10.9 Å². The van der Waals surface area contributed by atoms with Gasteiger partial charge in [-0.2, -0.15) is 6.07 Å². The van der Waals surface area contributed by atoms with Crippen LogP contribution < -0.4 is 0 Å². The van der Waals surface area contributed by atoms with Gasteiger partial charge in [-0.25, -0.2) is 0 Å². The Labute approximate surface area is 144 Å². The molecule has 0 heterocycles. The molecule has 122 valence electrons. The number of rotatable bonds is 3. The Balaban J connectivity index is 0.000000377. The zero-order valence-corrected chi connectivity index (χ0v) is 13.1. The van der Waals surface area contributed by atoms with E-state index in [4.69, 9.17) is 0 Å². The molecule has 3 rings (SSSR count). The number of nitrogens with zero attached hydrogens (tertiary/aromatic N) is 1. The summed E-state index contributed by atoms with van der Waals surface area (Å²) in [6.45, 7) is 0. The zero-order chi connectivity index (χ0) is 15.8. The predicted octanol–water partition coefficient (Wildman–Crippen LogP) is 3.92. The minimum atomic E-state index is -0.725. The summed E-state index contributed by atoms with van der Waals surface area (Å²) in [7, 11) is 0. The molecular weight excluding hydrogens is 334 g/mol. The van der Waals surface area contributed by atoms with Crippen molar-refractivity contribution < 1.29 is 26.8 Å². The van der Waals surface area contributed by atoms with Gasteiger partial charge in [0.25, 0.3) is 5.70 Å². The molecule has 4 nitrogen and oxygen atoms in total. The number of benzene rings is 1. The molecule has 0 saturated heterocycles. The van der Waals surface area contributed by atoms with Gasteiger partial charge in [-0.15, -0.1) is 17.7 Å². The summed E-state index contributed by atoms with van der Waals surface area (Å²) in [6, 6.07) is 24.3. The first-order valence-corrected chi connectivity index (χ1v) is 6.61. The second-order valence-electron chi connectivity index (χ2n) is 4.42. The summed E-state index contributed by atoms with van der Waals surface area (Å²) in [5, 5.41) is 10.6. The molecule has 0 fully saturated rings. The summed E-state index contributed by atoms with van der Waals surface area (Å²) in [5.41, 5.74) is 1.54.